The molecule has 1 saturated carbocycles. The molecule has 0 aromatic carbocycles. The fourth-order valence-electron chi connectivity index (χ4n) is 1.62. The third kappa shape index (κ3) is 37.5. The fraction of sp³-hybridized carbons (Fsp3) is 0.857. The van der Waals surface area contributed by atoms with Gasteiger partial charge in [0.15, 0.2) is 0 Å². The minimum Gasteiger partial charge on any atom is -0.303 e. The normalized spacial score (nSPS) is 11.2. The zero-order chi connectivity index (χ0) is 29.2. The van der Waals surface area contributed by atoms with Crippen molar-refractivity contribution < 1.29 is 4.79 Å². The van der Waals surface area contributed by atoms with E-state index in [2.05, 4.69) is 0 Å². The molecular weight excluding hydrogens is 1130 g/mol. The highest BCUT2D eigenvalue weighted by Gasteiger charge is 2.27. The van der Waals surface area contributed by atoms with E-state index in [4.69, 9.17) is 22.4 Å². The van der Waals surface area contributed by atoms with Gasteiger partial charge in [0.2, 0.25) is 0 Å². The SMILES string of the molecule is CC1(C=O)CCCC1.S=S=S=S=S=S=S=S=S=S=S=S=S=S=S=S=S=S=S=S=S=S=S=S=S=S=S=S=S=S=S=S. The molecule has 33 heteroatoms. The van der Waals surface area contributed by atoms with Crippen LogP contribution in [0.5, 0.6) is 0 Å². The average molecular weight is 1140 g/mol. The number of hydrogen-bond donors (Lipinski definition) is 0. The van der Waals surface area contributed by atoms with Gasteiger partial charge < -0.3 is 4.79 Å². The van der Waals surface area contributed by atoms with E-state index in [1.165, 1.54) is 30.6 Å². The molecule has 0 bridgehead atoms. The summed E-state index contributed by atoms with van der Waals surface area (Å²) in [5, 5.41) is 0. The van der Waals surface area contributed by atoms with Crippen molar-refractivity contribution in [1.29, 1.82) is 0 Å². The van der Waals surface area contributed by atoms with Gasteiger partial charge in [0.05, 0.1) is 0 Å². The van der Waals surface area contributed by atoms with E-state index in [0.717, 1.165) is 19.1 Å². The summed E-state index contributed by atoms with van der Waals surface area (Å²) in [5.74, 6) is 0. The molecule has 0 N–H and O–H groups in total. The first-order valence-corrected chi connectivity index (χ1v) is 49.7. The van der Waals surface area contributed by atoms with Crippen molar-refractivity contribution in [1.82, 2.24) is 0 Å². The number of carbonyl (C=O) groups is 1. The average Bonchev–Trinajstić information content (AvgIpc) is 3.42. The molecule has 0 spiro atoms. The monoisotopic (exact) mass is 1140 g/mol. The Morgan fingerprint density at radius 2 is 0.575 bits per heavy atom. The van der Waals surface area contributed by atoms with Crippen molar-refractivity contribution in [2.45, 2.75) is 32.6 Å². The van der Waals surface area contributed by atoms with Crippen LogP contribution < -0.4 is 0 Å². The molecule has 0 radical (unpaired) electrons. The van der Waals surface area contributed by atoms with Crippen LogP contribution in [0.2, 0.25) is 0 Å². The Hall–Kier alpha value is 6.71. The van der Waals surface area contributed by atoms with E-state index in [-0.39, 0.29) is 5.41 Å². The minimum atomic E-state index is 0.0556. The van der Waals surface area contributed by atoms with Gasteiger partial charge in [0.1, 0.15) is 6.29 Å². The highest BCUT2D eigenvalue weighted by molar-refractivity contribution is 8.80. The van der Waals surface area contributed by atoms with Crippen molar-refractivity contribution in [3.63, 3.8) is 0 Å². The molecule has 1 rings (SSSR count). The van der Waals surface area contributed by atoms with Crippen LogP contribution >= 0.6 is 0 Å². The van der Waals surface area contributed by atoms with Crippen LogP contribution in [0.4, 0.5) is 0 Å². The first-order valence-electron chi connectivity index (χ1n) is 8.40. The number of aldehydes is 1. The second-order valence-electron chi connectivity index (χ2n) is 5.02. The maximum atomic E-state index is 10.3. The highest BCUT2D eigenvalue weighted by atomic mass is 33.5. The maximum absolute atomic E-state index is 10.3. The summed E-state index contributed by atoms with van der Waals surface area (Å²) >= 11 is 9.58. The van der Waals surface area contributed by atoms with Crippen LogP contribution in [-0.4, -0.2) is 6.29 Å². The largest absolute Gasteiger partial charge is 0.303 e. The van der Waals surface area contributed by atoms with Crippen molar-refractivity contribution >= 4 is 295 Å². The smallest absolute Gasteiger partial charge is 0.125 e. The lowest BCUT2D eigenvalue weighted by Crippen LogP contribution is -2.11. The van der Waals surface area contributed by atoms with Crippen LogP contribution in [0.25, 0.3) is 0 Å². The van der Waals surface area contributed by atoms with Gasteiger partial charge in [0.25, 0.3) is 0 Å². The van der Waals surface area contributed by atoms with Crippen molar-refractivity contribution in [2.75, 3.05) is 0 Å². The predicted octanol–water partition coefficient (Wildman–Crippen LogP) is 1.69. The summed E-state index contributed by atoms with van der Waals surface area (Å²) in [4.78, 5) is 10.3. The molecular formula is C7H12OS32. The van der Waals surface area contributed by atoms with E-state index >= 15 is 0 Å². The molecule has 0 aromatic rings. The fourth-order valence-corrected chi connectivity index (χ4v) is 78.5. The molecule has 1 fully saturated rings. The van der Waals surface area contributed by atoms with Gasteiger partial charge in [-0.1, -0.05) is 19.8 Å². The summed E-state index contributed by atoms with van der Waals surface area (Å²) in [6.07, 6.45) is 5.82. The predicted molar refractivity (Wildman–Crippen MR) is 268 cm³/mol. The van der Waals surface area contributed by atoms with E-state index in [9.17, 15) is 4.79 Å². The summed E-state index contributed by atoms with van der Waals surface area (Å²) in [6.45, 7) is 2.05. The Kier molecular flexibility index (Phi) is 46.9. The third-order valence-corrected chi connectivity index (χ3v) is 67.3. The molecule has 0 saturated heterocycles. The molecule has 0 aliphatic heterocycles. The molecule has 0 aromatic heterocycles. The summed E-state index contributed by atoms with van der Waals surface area (Å²) in [6, 6.07) is 0. The van der Waals surface area contributed by atoms with E-state index in [0.29, 0.717) is 0 Å². The molecule has 40 heavy (non-hydrogen) atoms. The molecule has 238 valence electrons. The molecule has 0 atom stereocenters. The van der Waals surface area contributed by atoms with E-state index < -0.39 is 0 Å². The standard InChI is InChI=1S/C7H12O.S32/c1-7(6-8)4-2-3-5-7;1-3-5-7-9-11-13-15-17-19-21-23-25-27-29-31-32-30-28-26-24-22-20-18-16-14-12-10-8-6-4-2/h6H,2-5H2,1H3;. The van der Waals surface area contributed by atoms with Gasteiger partial charge >= 0.3 is 0 Å². The van der Waals surface area contributed by atoms with Gasteiger partial charge in [-0.05, 0) is 12.8 Å². The van der Waals surface area contributed by atoms with Gasteiger partial charge in [-0.2, -0.15) is 0 Å². The molecule has 0 unspecified atom stereocenters. The Bertz CT molecular complexity index is 2050. The van der Waals surface area contributed by atoms with Crippen molar-refractivity contribution in [2.24, 2.45) is 5.41 Å². The van der Waals surface area contributed by atoms with Crippen molar-refractivity contribution in [3.05, 3.63) is 0 Å². The summed E-state index contributed by atoms with van der Waals surface area (Å²) in [7, 11) is 52.8. The van der Waals surface area contributed by atoms with Crippen LogP contribution in [0.1, 0.15) is 32.6 Å². The topological polar surface area (TPSA) is 17.1 Å². The quantitative estimate of drug-likeness (QED) is 0.373. The number of hydrogen-bond acceptors (Lipinski definition) is 3. The van der Waals surface area contributed by atoms with Gasteiger partial charge in [0, 0.05) is 294 Å². The molecule has 1 aliphatic rings. The van der Waals surface area contributed by atoms with Gasteiger partial charge in [-0.3, -0.25) is 0 Å². The minimum absolute atomic E-state index is 0.0556. The Balaban J connectivity index is 0.00000161. The first kappa shape index (κ1) is 46.7. The zero-order valence-electron chi connectivity index (χ0n) is 18.4. The molecule has 1 nitrogen and oxygen atoms in total. The summed E-state index contributed by atoms with van der Waals surface area (Å²) < 4.78 is 0. The molecule has 1 aliphatic carbocycles. The zero-order valence-corrected chi connectivity index (χ0v) is 44.5. The number of carbonyl (C=O) groups excluding carboxylic acids is 1. The lowest BCUT2D eigenvalue weighted by molar-refractivity contribution is -0.115. The van der Waals surface area contributed by atoms with E-state index in [1.807, 2.05) is 149 Å². The van der Waals surface area contributed by atoms with Crippen LogP contribution in [0.3, 0.4) is 0 Å². The maximum Gasteiger partial charge on any atom is 0.125 e. The third-order valence-electron chi connectivity index (χ3n) is 2.84. The van der Waals surface area contributed by atoms with Crippen molar-refractivity contribution in [3.8, 4) is 0 Å². The Labute approximate surface area is 329 Å². The van der Waals surface area contributed by atoms with Crippen LogP contribution in [-0.2, 0) is 294 Å². The Morgan fingerprint density at radius 1 is 0.400 bits per heavy atom. The summed E-state index contributed by atoms with van der Waals surface area (Å²) in [5.41, 5.74) is 0.0556. The lowest BCUT2D eigenvalue weighted by atomic mass is 9.91. The lowest BCUT2D eigenvalue weighted by Gasteiger charge is -2.11. The van der Waals surface area contributed by atoms with Gasteiger partial charge in [-0.25, -0.2) is 0 Å². The first-order chi connectivity index (χ1) is 19.7. The van der Waals surface area contributed by atoms with Crippen LogP contribution in [0.15, 0.2) is 0 Å². The van der Waals surface area contributed by atoms with Gasteiger partial charge in [-0.15, -0.1) is 0 Å². The van der Waals surface area contributed by atoms with Crippen LogP contribution in [0, 0.1) is 5.41 Å². The second kappa shape index (κ2) is 40.1. The Morgan fingerprint density at radius 3 is 0.700 bits per heavy atom. The molecule has 0 heterocycles. The highest BCUT2D eigenvalue weighted by Crippen LogP contribution is 2.34. The molecule has 0 amide bonds. The van der Waals surface area contributed by atoms with E-state index in [1.54, 1.807) is 107 Å². The number of rotatable bonds is 1. The second-order valence-corrected chi connectivity index (χ2v) is 58.1.